The molecular formula is C14H20FNO3. The van der Waals surface area contributed by atoms with Crippen molar-refractivity contribution < 1.29 is 19.0 Å². The van der Waals surface area contributed by atoms with Crippen molar-refractivity contribution in [2.24, 2.45) is 0 Å². The molecule has 19 heavy (non-hydrogen) atoms. The van der Waals surface area contributed by atoms with E-state index in [0.717, 1.165) is 0 Å². The topological polar surface area (TPSA) is 58.6 Å². The zero-order chi connectivity index (χ0) is 14.8. The first-order valence-corrected chi connectivity index (χ1v) is 6.01. The summed E-state index contributed by atoms with van der Waals surface area (Å²) in [5.74, 6) is -0.584. The van der Waals surface area contributed by atoms with Crippen LogP contribution in [0.2, 0.25) is 0 Å². The molecule has 0 fully saturated rings. The van der Waals surface area contributed by atoms with Crippen molar-refractivity contribution in [2.75, 3.05) is 5.32 Å². The normalized spacial score (nSPS) is 12.2. The molecule has 0 spiro atoms. The molecule has 0 saturated carbocycles. The Morgan fingerprint density at radius 2 is 1.84 bits per heavy atom. The molecule has 1 amide bonds. The molecule has 1 aromatic carbocycles. The van der Waals surface area contributed by atoms with E-state index in [-0.39, 0.29) is 5.69 Å². The van der Waals surface area contributed by atoms with Gasteiger partial charge in [-0.1, -0.05) is 6.07 Å². The van der Waals surface area contributed by atoms with Crippen LogP contribution in [0.25, 0.3) is 0 Å². The first-order chi connectivity index (χ1) is 8.49. The third-order valence-electron chi connectivity index (χ3n) is 2.31. The third kappa shape index (κ3) is 4.87. The highest BCUT2D eigenvalue weighted by Crippen LogP contribution is 2.25. The first kappa shape index (κ1) is 15.4. The van der Waals surface area contributed by atoms with Gasteiger partial charge in [0.25, 0.3) is 0 Å². The van der Waals surface area contributed by atoms with E-state index in [4.69, 9.17) is 4.74 Å². The van der Waals surface area contributed by atoms with Crippen LogP contribution in [0.4, 0.5) is 14.9 Å². The molecule has 0 heterocycles. The summed E-state index contributed by atoms with van der Waals surface area (Å²) < 4.78 is 18.6. The van der Waals surface area contributed by atoms with Crippen LogP contribution in [-0.4, -0.2) is 16.8 Å². The van der Waals surface area contributed by atoms with Crippen LogP contribution in [0.1, 0.15) is 40.2 Å². The summed E-state index contributed by atoms with van der Waals surface area (Å²) in [6, 6.07) is 4.05. The van der Waals surface area contributed by atoms with E-state index in [1.54, 1.807) is 34.6 Å². The fourth-order valence-electron chi connectivity index (χ4n) is 1.42. The summed E-state index contributed by atoms with van der Waals surface area (Å²) in [7, 11) is 0. The van der Waals surface area contributed by atoms with E-state index >= 15 is 0 Å². The Hall–Kier alpha value is -1.62. The second kappa shape index (κ2) is 5.17. The number of rotatable bonds is 2. The highest BCUT2D eigenvalue weighted by atomic mass is 19.1. The number of benzene rings is 1. The summed E-state index contributed by atoms with van der Waals surface area (Å²) in [6.07, 6.45) is -0.737. The minimum absolute atomic E-state index is 0.0196. The number of ether oxygens (including phenoxy) is 1. The molecule has 0 radical (unpaired) electrons. The van der Waals surface area contributed by atoms with Crippen molar-refractivity contribution in [1.82, 2.24) is 0 Å². The van der Waals surface area contributed by atoms with Crippen LogP contribution in [0, 0.1) is 5.82 Å². The summed E-state index contributed by atoms with van der Waals surface area (Å²) in [6.45, 7) is 8.32. The fraction of sp³-hybridized carbons (Fsp3) is 0.500. The number of anilines is 1. The molecule has 0 bridgehead atoms. The summed E-state index contributed by atoms with van der Waals surface area (Å²) in [4.78, 5) is 11.6. The van der Waals surface area contributed by atoms with E-state index in [9.17, 15) is 14.3 Å². The van der Waals surface area contributed by atoms with Gasteiger partial charge in [-0.3, -0.25) is 5.32 Å². The monoisotopic (exact) mass is 269 g/mol. The average molecular weight is 269 g/mol. The Morgan fingerprint density at radius 1 is 1.26 bits per heavy atom. The fourth-order valence-corrected chi connectivity index (χ4v) is 1.42. The maximum absolute atomic E-state index is 13.6. The number of hydrogen-bond donors (Lipinski definition) is 2. The van der Waals surface area contributed by atoms with Gasteiger partial charge in [-0.15, -0.1) is 0 Å². The van der Waals surface area contributed by atoms with E-state index in [1.165, 1.54) is 18.2 Å². The molecule has 1 rings (SSSR count). The first-order valence-electron chi connectivity index (χ1n) is 6.01. The molecule has 0 aliphatic heterocycles. The Balaban J connectivity index is 2.92. The number of amides is 1. The molecule has 106 valence electrons. The Bertz CT molecular complexity index is 473. The molecule has 0 aliphatic rings. The van der Waals surface area contributed by atoms with Gasteiger partial charge in [0.2, 0.25) is 0 Å². The quantitative estimate of drug-likeness (QED) is 0.865. The van der Waals surface area contributed by atoms with Crippen LogP contribution in [0.3, 0.4) is 0 Å². The Labute approximate surface area is 112 Å². The number of carbonyl (C=O) groups excluding carboxylic acids is 1. The minimum atomic E-state index is -1.11. The van der Waals surface area contributed by atoms with Crippen molar-refractivity contribution in [3.05, 3.63) is 29.6 Å². The lowest BCUT2D eigenvalue weighted by molar-refractivity contribution is 0.0633. The number of aliphatic hydroxyl groups is 1. The lowest BCUT2D eigenvalue weighted by Crippen LogP contribution is -2.27. The zero-order valence-corrected chi connectivity index (χ0v) is 11.9. The van der Waals surface area contributed by atoms with Gasteiger partial charge in [-0.05, 0) is 52.3 Å². The van der Waals surface area contributed by atoms with Gasteiger partial charge in [0.15, 0.2) is 0 Å². The van der Waals surface area contributed by atoms with Gasteiger partial charge >= 0.3 is 6.09 Å². The predicted molar refractivity (Wildman–Crippen MR) is 71.5 cm³/mol. The molecule has 2 N–H and O–H groups in total. The SMILES string of the molecule is CC(C)(C)OC(=O)Nc1cc(C(C)(C)O)ccc1F. The number of halogens is 1. The molecule has 5 heteroatoms. The largest absolute Gasteiger partial charge is 0.444 e. The molecule has 0 aromatic heterocycles. The van der Waals surface area contributed by atoms with Gasteiger partial charge in [0.1, 0.15) is 11.4 Å². The van der Waals surface area contributed by atoms with Crippen molar-refractivity contribution in [3.63, 3.8) is 0 Å². The predicted octanol–water partition coefficient (Wildman–Crippen LogP) is 3.40. The highest BCUT2D eigenvalue weighted by molar-refractivity contribution is 5.85. The summed E-state index contributed by atoms with van der Waals surface area (Å²) >= 11 is 0. The van der Waals surface area contributed by atoms with E-state index in [1.807, 2.05) is 0 Å². The molecule has 1 aromatic rings. The lowest BCUT2D eigenvalue weighted by Gasteiger charge is -2.21. The Kier molecular flexibility index (Phi) is 4.20. The van der Waals surface area contributed by atoms with E-state index in [0.29, 0.717) is 5.56 Å². The lowest BCUT2D eigenvalue weighted by atomic mass is 9.98. The van der Waals surface area contributed by atoms with Crippen molar-refractivity contribution >= 4 is 11.8 Å². The van der Waals surface area contributed by atoms with Crippen LogP contribution < -0.4 is 5.32 Å². The molecular weight excluding hydrogens is 249 g/mol. The van der Waals surface area contributed by atoms with Crippen LogP contribution in [0.5, 0.6) is 0 Å². The van der Waals surface area contributed by atoms with E-state index in [2.05, 4.69) is 5.32 Å². The maximum Gasteiger partial charge on any atom is 0.412 e. The molecule has 0 atom stereocenters. The van der Waals surface area contributed by atoms with E-state index < -0.39 is 23.1 Å². The molecule has 4 nitrogen and oxygen atoms in total. The van der Waals surface area contributed by atoms with Crippen molar-refractivity contribution in [1.29, 1.82) is 0 Å². The van der Waals surface area contributed by atoms with Gasteiger partial charge in [-0.25, -0.2) is 9.18 Å². The summed E-state index contributed by atoms with van der Waals surface area (Å²) in [5.41, 5.74) is -1.29. The summed E-state index contributed by atoms with van der Waals surface area (Å²) in [5, 5.41) is 12.2. The molecule has 0 saturated heterocycles. The molecule has 0 unspecified atom stereocenters. The van der Waals surface area contributed by atoms with Crippen LogP contribution in [0.15, 0.2) is 18.2 Å². The van der Waals surface area contributed by atoms with Gasteiger partial charge in [-0.2, -0.15) is 0 Å². The highest BCUT2D eigenvalue weighted by Gasteiger charge is 2.20. The van der Waals surface area contributed by atoms with Crippen LogP contribution in [-0.2, 0) is 10.3 Å². The van der Waals surface area contributed by atoms with Gasteiger partial charge < -0.3 is 9.84 Å². The number of nitrogens with one attached hydrogen (secondary N) is 1. The average Bonchev–Trinajstić information content (AvgIpc) is 2.16. The Morgan fingerprint density at radius 3 is 2.32 bits per heavy atom. The zero-order valence-electron chi connectivity index (χ0n) is 11.9. The third-order valence-corrected chi connectivity index (χ3v) is 2.31. The maximum atomic E-state index is 13.6. The molecule has 0 aliphatic carbocycles. The van der Waals surface area contributed by atoms with Gasteiger partial charge in [0.05, 0.1) is 11.3 Å². The van der Waals surface area contributed by atoms with Crippen molar-refractivity contribution in [2.45, 2.75) is 45.8 Å². The standard InChI is InChI=1S/C14H20FNO3/c1-13(2,3)19-12(17)16-11-8-9(14(4,5)18)6-7-10(11)15/h6-8,18H,1-5H3,(H,16,17). The smallest absolute Gasteiger partial charge is 0.412 e. The number of hydrogen-bond acceptors (Lipinski definition) is 3. The second-order valence-corrected chi connectivity index (χ2v) is 5.88. The van der Waals surface area contributed by atoms with Crippen molar-refractivity contribution in [3.8, 4) is 0 Å². The minimum Gasteiger partial charge on any atom is -0.444 e. The van der Waals surface area contributed by atoms with Gasteiger partial charge in [0, 0.05) is 0 Å². The number of carbonyl (C=O) groups is 1. The second-order valence-electron chi connectivity index (χ2n) is 5.88. The van der Waals surface area contributed by atoms with Crippen LogP contribution >= 0.6 is 0 Å².